The summed E-state index contributed by atoms with van der Waals surface area (Å²) in [5.41, 5.74) is 0.00956. The van der Waals surface area contributed by atoms with Crippen LogP contribution >= 0.6 is 0 Å². The number of sulfonamides is 1. The van der Waals surface area contributed by atoms with Gasteiger partial charge >= 0.3 is 7.12 Å². The summed E-state index contributed by atoms with van der Waals surface area (Å²) < 4.78 is 38.9. The zero-order valence-corrected chi connectivity index (χ0v) is 14.2. The molecule has 0 radical (unpaired) electrons. The first-order chi connectivity index (χ1) is 10.1. The second kappa shape index (κ2) is 5.06. The quantitative estimate of drug-likeness (QED) is 0.852. The molecule has 0 spiro atoms. The highest BCUT2D eigenvalue weighted by Crippen LogP contribution is 2.36. The largest absolute Gasteiger partial charge is 0.494 e. The second-order valence-corrected chi connectivity index (χ2v) is 8.77. The average molecular weight is 323 g/mol. The van der Waals surface area contributed by atoms with Crippen LogP contribution in [0.5, 0.6) is 0 Å². The van der Waals surface area contributed by atoms with E-state index < -0.39 is 28.3 Å². The maximum absolute atomic E-state index is 12.1. The van der Waals surface area contributed by atoms with Gasteiger partial charge in [0.15, 0.2) is 0 Å². The van der Waals surface area contributed by atoms with Crippen LogP contribution in [0.4, 0.5) is 0 Å². The summed E-state index contributed by atoms with van der Waals surface area (Å²) in [6.45, 7) is 7.97. The van der Waals surface area contributed by atoms with Crippen molar-refractivity contribution in [1.82, 2.24) is 4.72 Å². The van der Waals surface area contributed by atoms with Crippen LogP contribution in [0.2, 0.25) is 0 Å². The van der Waals surface area contributed by atoms with Crippen molar-refractivity contribution in [2.45, 2.75) is 62.7 Å². The summed E-state index contributed by atoms with van der Waals surface area (Å²) in [5.74, 6) is 0. The van der Waals surface area contributed by atoms with Gasteiger partial charge in [0.1, 0.15) is 0 Å². The lowest BCUT2D eigenvalue weighted by Crippen LogP contribution is -2.41. The van der Waals surface area contributed by atoms with Gasteiger partial charge in [-0.2, -0.15) is 0 Å². The van der Waals surface area contributed by atoms with Crippen LogP contribution in [0.15, 0.2) is 29.2 Å². The van der Waals surface area contributed by atoms with Gasteiger partial charge < -0.3 is 9.31 Å². The molecule has 0 aromatic heterocycles. The minimum Gasteiger partial charge on any atom is -0.399 e. The van der Waals surface area contributed by atoms with Crippen molar-refractivity contribution in [2.75, 3.05) is 0 Å². The highest BCUT2D eigenvalue weighted by molar-refractivity contribution is 7.89. The van der Waals surface area contributed by atoms with E-state index in [2.05, 4.69) is 4.72 Å². The number of benzene rings is 1. The molecule has 5 nitrogen and oxygen atoms in total. The van der Waals surface area contributed by atoms with Crippen molar-refractivity contribution in [3.8, 4) is 0 Å². The van der Waals surface area contributed by atoms with E-state index in [-0.39, 0.29) is 10.9 Å². The highest BCUT2D eigenvalue weighted by Gasteiger charge is 2.51. The Morgan fingerprint density at radius 1 is 1.05 bits per heavy atom. The summed E-state index contributed by atoms with van der Waals surface area (Å²) in [4.78, 5) is 0.277. The normalized spacial score (nSPS) is 23.7. The van der Waals surface area contributed by atoms with Crippen molar-refractivity contribution >= 4 is 22.6 Å². The SMILES string of the molecule is CC1(C)OB(c2ccc(S(=O)(=O)NC3CC3)cc2)OC1(C)C. The standard InChI is InChI=1S/C15H22BNO4S/c1-14(2)15(3,4)21-16(20-14)11-5-9-13(10-6-11)22(18,19)17-12-7-8-12/h5-6,9-10,12,17H,7-8H2,1-4H3. The van der Waals surface area contributed by atoms with Crippen LogP contribution in [-0.2, 0) is 19.3 Å². The molecule has 1 heterocycles. The molecule has 7 heteroatoms. The second-order valence-electron chi connectivity index (χ2n) is 7.05. The van der Waals surface area contributed by atoms with Gasteiger partial charge in [-0.15, -0.1) is 0 Å². The average Bonchev–Trinajstić information content (AvgIpc) is 3.16. The molecule has 0 bridgehead atoms. The summed E-state index contributed by atoms with van der Waals surface area (Å²) in [6, 6.07) is 6.82. The molecule has 3 rings (SSSR count). The third kappa shape index (κ3) is 2.95. The van der Waals surface area contributed by atoms with Crippen molar-refractivity contribution in [3.05, 3.63) is 24.3 Å². The van der Waals surface area contributed by atoms with Crippen molar-refractivity contribution < 1.29 is 17.7 Å². The smallest absolute Gasteiger partial charge is 0.399 e. The molecule has 1 saturated heterocycles. The van der Waals surface area contributed by atoms with Crippen LogP contribution in [-0.4, -0.2) is 32.8 Å². The molecule has 1 aromatic carbocycles. The van der Waals surface area contributed by atoms with E-state index in [1.54, 1.807) is 24.3 Å². The number of hydrogen-bond acceptors (Lipinski definition) is 4. The molecule has 1 aliphatic carbocycles. The van der Waals surface area contributed by atoms with Gasteiger partial charge in [0, 0.05) is 6.04 Å². The van der Waals surface area contributed by atoms with E-state index >= 15 is 0 Å². The lowest BCUT2D eigenvalue weighted by molar-refractivity contribution is 0.00578. The summed E-state index contributed by atoms with van der Waals surface area (Å²) in [7, 11) is -3.89. The third-order valence-corrected chi connectivity index (χ3v) is 6.15. The Morgan fingerprint density at radius 3 is 2.00 bits per heavy atom. The zero-order valence-electron chi connectivity index (χ0n) is 13.4. The minimum atomic E-state index is -3.41. The molecule has 120 valence electrons. The number of nitrogens with one attached hydrogen (secondary N) is 1. The molecule has 1 N–H and O–H groups in total. The van der Waals surface area contributed by atoms with Crippen LogP contribution < -0.4 is 10.2 Å². The lowest BCUT2D eigenvalue weighted by atomic mass is 9.79. The fraction of sp³-hybridized carbons (Fsp3) is 0.600. The van der Waals surface area contributed by atoms with Crippen LogP contribution in [0.25, 0.3) is 0 Å². The Hall–Kier alpha value is -0.885. The maximum atomic E-state index is 12.1. The molecule has 22 heavy (non-hydrogen) atoms. The Morgan fingerprint density at radius 2 is 1.55 bits per heavy atom. The van der Waals surface area contributed by atoms with E-state index in [1.165, 1.54) is 0 Å². The molecule has 1 saturated carbocycles. The summed E-state index contributed by atoms with van der Waals surface area (Å²) in [6.07, 6.45) is 1.84. The summed E-state index contributed by atoms with van der Waals surface area (Å²) in [5, 5.41) is 0. The predicted molar refractivity (Wildman–Crippen MR) is 85.5 cm³/mol. The van der Waals surface area contributed by atoms with Crippen LogP contribution in [0.1, 0.15) is 40.5 Å². The number of rotatable bonds is 4. The fourth-order valence-electron chi connectivity index (χ4n) is 2.27. The maximum Gasteiger partial charge on any atom is 0.494 e. The molecular weight excluding hydrogens is 301 g/mol. The van der Waals surface area contributed by atoms with E-state index in [0.717, 1.165) is 18.3 Å². The first-order valence-electron chi connectivity index (χ1n) is 7.59. The molecule has 1 aliphatic heterocycles. The van der Waals surface area contributed by atoms with Gasteiger partial charge in [-0.3, -0.25) is 0 Å². The Kier molecular flexibility index (Phi) is 3.68. The van der Waals surface area contributed by atoms with Crippen molar-refractivity contribution in [2.24, 2.45) is 0 Å². The number of hydrogen-bond donors (Lipinski definition) is 1. The van der Waals surface area contributed by atoms with E-state index in [4.69, 9.17) is 9.31 Å². The van der Waals surface area contributed by atoms with E-state index in [0.29, 0.717) is 0 Å². The topological polar surface area (TPSA) is 64.6 Å². The molecule has 2 aliphatic rings. The van der Waals surface area contributed by atoms with E-state index in [9.17, 15) is 8.42 Å². The first kappa shape index (κ1) is 16.0. The molecular formula is C15H22BNO4S. The first-order valence-corrected chi connectivity index (χ1v) is 9.07. The van der Waals surface area contributed by atoms with Gasteiger partial charge in [-0.05, 0) is 58.1 Å². The van der Waals surface area contributed by atoms with Crippen molar-refractivity contribution in [1.29, 1.82) is 0 Å². The third-order valence-electron chi connectivity index (χ3n) is 4.61. The van der Waals surface area contributed by atoms with Gasteiger partial charge in [0.05, 0.1) is 16.1 Å². The molecule has 0 amide bonds. The lowest BCUT2D eigenvalue weighted by Gasteiger charge is -2.32. The monoisotopic (exact) mass is 323 g/mol. The van der Waals surface area contributed by atoms with E-state index in [1.807, 2.05) is 27.7 Å². The fourth-order valence-corrected chi connectivity index (χ4v) is 3.58. The molecule has 1 aromatic rings. The van der Waals surface area contributed by atoms with Gasteiger partial charge in [-0.25, -0.2) is 13.1 Å². The zero-order chi connectivity index (χ0) is 16.2. The summed E-state index contributed by atoms with van der Waals surface area (Å²) >= 11 is 0. The highest BCUT2D eigenvalue weighted by atomic mass is 32.2. The van der Waals surface area contributed by atoms with Crippen LogP contribution in [0.3, 0.4) is 0 Å². The van der Waals surface area contributed by atoms with Crippen LogP contribution in [0, 0.1) is 0 Å². The van der Waals surface area contributed by atoms with Gasteiger partial charge in [-0.1, -0.05) is 12.1 Å². The predicted octanol–water partition coefficient (Wildman–Crippen LogP) is 1.43. The minimum absolute atomic E-state index is 0.104. The molecule has 0 unspecified atom stereocenters. The Labute approximate surface area is 132 Å². The Bertz CT molecular complexity index is 649. The van der Waals surface area contributed by atoms with Crippen molar-refractivity contribution in [3.63, 3.8) is 0 Å². The molecule has 0 atom stereocenters. The van der Waals surface area contributed by atoms with Gasteiger partial charge in [0.25, 0.3) is 0 Å². The van der Waals surface area contributed by atoms with Gasteiger partial charge in [0.2, 0.25) is 10.0 Å². The molecule has 2 fully saturated rings. The Balaban J connectivity index is 1.78.